The zero-order valence-electron chi connectivity index (χ0n) is 37.0. The van der Waals surface area contributed by atoms with Gasteiger partial charge in [-0.05, 0) is 55.4 Å². The van der Waals surface area contributed by atoms with E-state index in [1.54, 1.807) is 0 Å². The highest BCUT2D eigenvalue weighted by atomic mass is 16.8. The van der Waals surface area contributed by atoms with Crippen LogP contribution < -0.4 is 5.32 Å². The molecule has 1 N–H and O–H groups in total. The highest BCUT2D eigenvalue weighted by molar-refractivity contribution is 5.04. The molecule has 11 unspecified atom stereocenters. The summed E-state index contributed by atoms with van der Waals surface area (Å²) in [5.41, 5.74) is 0. The van der Waals surface area contributed by atoms with Crippen LogP contribution in [0.1, 0.15) is 55.4 Å². The van der Waals surface area contributed by atoms with Crippen LogP contribution in [0.25, 0.3) is 0 Å². The van der Waals surface area contributed by atoms with Crippen molar-refractivity contribution in [1.82, 2.24) is 5.32 Å². The first-order chi connectivity index (χ1) is 30.0. The third-order valence-corrected chi connectivity index (χ3v) is 13.9. The normalized spacial score (nSPS) is 51.8. The molecule has 12 heterocycles. The third-order valence-electron chi connectivity index (χ3n) is 13.9. The lowest BCUT2D eigenvalue weighted by Crippen LogP contribution is -2.58. The van der Waals surface area contributed by atoms with Crippen molar-refractivity contribution >= 4 is 0 Å². The van der Waals surface area contributed by atoms with E-state index in [9.17, 15) is 0 Å². The van der Waals surface area contributed by atoms with E-state index in [2.05, 4.69) is 5.32 Å². The molecule has 356 valence electrons. The van der Waals surface area contributed by atoms with Crippen LogP contribution in [0, 0.1) is 0 Å². The van der Waals surface area contributed by atoms with Gasteiger partial charge in [0.15, 0.2) is 48.3 Å². The zero-order valence-corrected chi connectivity index (χ0v) is 37.0. The van der Waals surface area contributed by atoms with Gasteiger partial charge in [0.25, 0.3) is 0 Å². The van der Waals surface area contributed by atoms with Crippen molar-refractivity contribution in [2.75, 3.05) is 52.9 Å². The number of rotatable bonds is 14. The maximum absolute atomic E-state index is 6.84. The molecule has 0 aromatic heterocycles. The molecule has 12 fully saturated rings. The summed E-state index contributed by atoms with van der Waals surface area (Å²) in [4.78, 5) is 0. The summed E-state index contributed by atoms with van der Waals surface area (Å²) >= 11 is 0. The van der Waals surface area contributed by atoms with Crippen LogP contribution in [-0.2, 0) is 94.7 Å². The number of fused-ring (bicyclic) bond motifs is 16. The quantitative estimate of drug-likeness (QED) is 0.244. The second-order valence-electron chi connectivity index (χ2n) is 20.5. The van der Waals surface area contributed by atoms with E-state index in [1.165, 1.54) is 0 Å². The average Bonchev–Trinajstić information content (AvgIpc) is 4.07. The van der Waals surface area contributed by atoms with Crippen LogP contribution in [0.2, 0.25) is 0 Å². The smallest absolute Gasteiger partial charge is 0.187 e. The lowest BCUT2D eigenvalue weighted by molar-refractivity contribution is -0.217. The summed E-state index contributed by atoms with van der Waals surface area (Å²) in [6, 6.07) is -0.909. The van der Waals surface area contributed by atoms with Gasteiger partial charge in [-0.25, -0.2) is 0 Å². The summed E-state index contributed by atoms with van der Waals surface area (Å²) in [5.74, 6) is -3.35. The average molecular weight is 902 g/mol. The molecule has 0 amide bonds. The molecule has 12 saturated heterocycles. The van der Waals surface area contributed by atoms with Crippen LogP contribution in [0.3, 0.4) is 0 Å². The third kappa shape index (κ3) is 8.04. The van der Waals surface area contributed by atoms with Crippen molar-refractivity contribution in [1.29, 1.82) is 0 Å². The second-order valence-corrected chi connectivity index (χ2v) is 20.5. The molecule has 21 heteroatoms. The maximum atomic E-state index is 6.84. The van der Waals surface area contributed by atoms with E-state index in [1.807, 2.05) is 55.4 Å². The molecule has 0 aliphatic carbocycles. The number of hydrogen-bond donors (Lipinski definition) is 1. The Kier molecular flexibility index (Phi) is 10.9. The summed E-state index contributed by atoms with van der Waals surface area (Å²) in [7, 11) is 0. The maximum Gasteiger partial charge on any atom is 0.187 e. The summed E-state index contributed by atoms with van der Waals surface area (Å²) < 4.78 is 127. The van der Waals surface area contributed by atoms with Gasteiger partial charge in [0.2, 0.25) is 0 Å². The van der Waals surface area contributed by atoms with Gasteiger partial charge in [-0.3, -0.25) is 0 Å². The van der Waals surface area contributed by atoms with E-state index >= 15 is 0 Å². The van der Waals surface area contributed by atoms with E-state index in [0.717, 1.165) is 0 Å². The minimum Gasteiger partial charge on any atom is -0.371 e. The Hall–Kier alpha value is -0.840. The molecule has 12 aliphatic heterocycles. The lowest BCUT2D eigenvalue weighted by atomic mass is 10.0. The molecule has 0 aromatic rings. The summed E-state index contributed by atoms with van der Waals surface area (Å²) in [6.07, 6.45) is -8.93. The van der Waals surface area contributed by atoms with Crippen LogP contribution in [0.5, 0.6) is 0 Å². The van der Waals surface area contributed by atoms with Crippen molar-refractivity contribution in [3.8, 4) is 0 Å². The van der Waals surface area contributed by atoms with Crippen molar-refractivity contribution in [2.45, 2.75) is 213 Å². The largest absolute Gasteiger partial charge is 0.371 e. The van der Waals surface area contributed by atoms with Crippen LogP contribution in [-0.4, -0.2) is 211 Å². The summed E-state index contributed by atoms with van der Waals surface area (Å²) in [6.45, 7) is 17.2. The fraction of sp³-hybridized carbons (Fsp3) is 1.00. The van der Waals surface area contributed by atoms with Gasteiger partial charge in [-0.1, -0.05) is 0 Å². The standard InChI is InChI=1S/C42H63NO20/c1-39(2)56-27-23(19-13-48-35(52-19)31(27)60-39)44-9-17(10-45-24-20-14-49-36(53-20)32-28(24)57-40(3,4)61-32)43-18(11-46-25-21-15-50-37(54-21)33-29(25)58-41(5,6)62-33)12-47-26-22-16-51-38(55-22)34-30(26)59-42(7,8)63-34/h17-38,43H,9-16H2,1-8H3/t17?,18?,19-,20?,21?,22?,23+,24+,25+,26+,27?,28+,29+,30?,31?,32?,33?,34?,35+,36+,37+,38+/m0/s1. The van der Waals surface area contributed by atoms with Gasteiger partial charge in [-0.2, -0.15) is 0 Å². The minimum absolute atomic E-state index is 0.175. The fourth-order valence-electron chi connectivity index (χ4n) is 11.5. The van der Waals surface area contributed by atoms with Gasteiger partial charge in [-0.15, -0.1) is 0 Å². The van der Waals surface area contributed by atoms with Gasteiger partial charge in [0.05, 0.1) is 64.9 Å². The Labute approximate surface area is 365 Å². The van der Waals surface area contributed by atoms with Crippen LogP contribution in [0.4, 0.5) is 0 Å². The highest BCUT2D eigenvalue weighted by Crippen LogP contribution is 2.46. The number of hydrogen-bond acceptors (Lipinski definition) is 21. The molecule has 21 nitrogen and oxygen atoms in total. The molecule has 22 atom stereocenters. The molecule has 0 aromatic carbocycles. The Balaban J connectivity index is 0.812. The SMILES string of the molecule is CC1(C)OC2C(O1)[C@H](OCC(CO[C@@H]1C3CO[C@H](O3)C3OC(C)(C)O[C@@H]31)NC(CO[C@@H]1C3CO[C@H](O3)C3OC(C)(C)O[C@@H]31)CO[C@H]1C3OC(C)(C)OC3[C@@H]3OC[C@@H]1O3)C1CO[C@@H]2O1. The zero-order chi connectivity index (χ0) is 43.2. The molecule has 12 rings (SSSR count). The lowest BCUT2D eigenvalue weighted by Gasteiger charge is -2.39. The van der Waals surface area contributed by atoms with Crippen molar-refractivity contribution in [3.05, 3.63) is 0 Å². The molecular weight excluding hydrogens is 838 g/mol. The van der Waals surface area contributed by atoms with Crippen LogP contribution in [0.15, 0.2) is 0 Å². The Bertz CT molecular complexity index is 1450. The number of nitrogens with one attached hydrogen (secondary N) is 1. The molecule has 8 bridgehead atoms. The van der Waals surface area contributed by atoms with E-state index in [4.69, 9.17) is 94.7 Å². The summed E-state index contributed by atoms with van der Waals surface area (Å²) in [5, 5.41) is 3.81. The molecule has 0 saturated carbocycles. The number of ether oxygens (including phenoxy) is 20. The predicted octanol–water partition coefficient (Wildman–Crippen LogP) is -0.0452. The minimum atomic E-state index is -0.838. The van der Waals surface area contributed by atoms with Gasteiger partial charge in [0.1, 0.15) is 97.7 Å². The second kappa shape index (κ2) is 15.9. The fourth-order valence-corrected chi connectivity index (χ4v) is 11.5. The molecular formula is C42H63NO20. The van der Waals surface area contributed by atoms with E-state index < -0.39 is 134 Å². The first-order valence-electron chi connectivity index (χ1n) is 22.8. The Morgan fingerprint density at radius 1 is 0.365 bits per heavy atom. The Morgan fingerprint density at radius 3 is 0.825 bits per heavy atom. The van der Waals surface area contributed by atoms with Gasteiger partial charge >= 0.3 is 0 Å². The molecule has 0 radical (unpaired) electrons. The molecule has 0 spiro atoms. The predicted molar refractivity (Wildman–Crippen MR) is 203 cm³/mol. The highest BCUT2D eigenvalue weighted by Gasteiger charge is 2.63. The van der Waals surface area contributed by atoms with E-state index in [-0.39, 0.29) is 50.8 Å². The topological polar surface area (TPSA) is 197 Å². The molecule has 12 aliphatic rings. The Morgan fingerprint density at radius 2 is 0.587 bits per heavy atom. The van der Waals surface area contributed by atoms with Crippen molar-refractivity contribution in [3.63, 3.8) is 0 Å². The van der Waals surface area contributed by atoms with Crippen molar-refractivity contribution in [2.24, 2.45) is 0 Å². The monoisotopic (exact) mass is 901 g/mol. The first kappa shape index (κ1) is 43.4. The van der Waals surface area contributed by atoms with E-state index in [0.29, 0.717) is 26.4 Å². The van der Waals surface area contributed by atoms with Crippen molar-refractivity contribution < 1.29 is 94.7 Å². The van der Waals surface area contributed by atoms with Gasteiger partial charge < -0.3 is 100 Å². The van der Waals surface area contributed by atoms with Crippen LogP contribution >= 0.6 is 0 Å². The van der Waals surface area contributed by atoms with Gasteiger partial charge in [0, 0.05) is 0 Å². The molecule has 63 heavy (non-hydrogen) atoms. The first-order valence-corrected chi connectivity index (χ1v) is 22.8.